The average Bonchev–Trinajstić information content (AvgIpc) is 2.49. The van der Waals surface area contributed by atoms with Crippen molar-refractivity contribution in [3.05, 3.63) is 71.8 Å². The first-order valence-electron chi connectivity index (χ1n) is 6.08. The van der Waals surface area contributed by atoms with Gasteiger partial charge < -0.3 is 0 Å². The van der Waals surface area contributed by atoms with Gasteiger partial charge in [0.25, 0.3) is 0 Å². The van der Waals surface area contributed by atoms with E-state index in [-0.39, 0.29) is 16.5 Å². The maximum Gasteiger partial charge on any atom is 0.168 e. The van der Waals surface area contributed by atoms with Gasteiger partial charge in [0.15, 0.2) is 5.78 Å². The zero-order valence-electron chi connectivity index (χ0n) is 10.3. The topological polar surface area (TPSA) is 17.1 Å². The highest BCUT2D eigenvalue weighted by Crippen LogP contribution is 2.34. The molecule has 0 aromatic heterocycles. The van der Waals surface area contributed by atoms with Crippen LogP contribution in [0.25, 0.3) is 0 Å². The Morgan fingerprint density at radius 1 is 0.947 bits per heavy atom. The predicted molar refractivity (Wildman–Crippen MR) is 86.2 cm³/mol. The molecule has 0 spiro atoms. The molecule has 3 heteroatoms. The Bertz CT molecular complexity index is 525. The van der Waals surface area contributed by atoms with Crippen molar-refractivity contribution in [1.82, 2.24) is 0 Å². The molecular weight excluding hydrogens is 368 g/mol. The quantitative estimate of drug-likeness (QED) is 0.525. The number of alkyl halides is 2. The number of carbonyl (C=O) groups excluding carboxylic acids is 1. The highest BCUT2D eigenvalue weighted by molar-refractivity contribution is 9.09. The fourth-order valence-electron chi connectivity index (χ4n) is 1.97. The first-order valence-corrected chi connectivity index (χ1v) is 8.12. The molecule has 98 valence electrons. The maximum absolute atomic E-state index is 12.5. The molecule has 2 aromatic rings. The van der Waals surface area contributed by atoms with Gasteiger partial charge in [0.1, 0.15) is 0 Å². The van der Waals surface area contributed by atoms with Crippen molar-refractivity contribution in [1.29, 1.82) is 0 Å². The number of ketones is 1. The fourth-order valence-corrected chi connectivity index (χ4v) is 3.87. The SMILES string of the molecule is O=C(c1ccccc1)[C@H](CBr)[C@H](Br)c1ccccc1. The summed E-state index contributed by atoms with van der Waals surface area (Å²) in [5.41, 5.74) is 1.88. The Labute approximate surface area is 130 Å². The van der Waals surface area contributed by atoms with Crippen LogP contribution in [-0.2, 0) is 0 Å². The molecule has 0 aliphatic rings. The maximum atomic E-state index is 12.5. The Hall–Kier alpha value is -0.930. The number of halogens is 2. The van der Waals surface area contributed by atoms with E-state index in [9.17, 15) is 4.79 Å². The molecule has 0 bridgehead atoms. The fraction of sp³-hybridized carbons (Fsp3) is 0.188. The molecule has 0 amide bonds. The summed E-state index contributed by atoms with van der Waals surface area (Å²) in [6.07, 6.45) is 0. The number of Topliss-reactive ketones (excluding diaryl/α,β-unsaturated/α-hetero) is 1. The van der Waals surface area contributed by atoms with E-state index in [0.717, 1.165) is 11.1 Å². The van der Waals surface area contributed by atoms with E-state index in [1.54, 1.807) is 0 Å². The number of carbonyl (C=O) groups is 1. The van der Waals surface area contributed by atoms with Crippen LogP contribution in [0.4, 0.5) is 0 Å². The lowest BCUT2D eigenvalue weighted by Gasteiger charge is -2.19. The first kappa shape index (κ1) is 14.5. The van der Waals surface area contributed by atoms with Crippen molar-refractivity contribution in [2.24, 2.45) is 5.92 Å². The van der Waals surface area contributed by atoms with Gasteiger partial charge in [-0.3, -0.25) is 4.79 Å². The predicted octanol–water partition coefficient (Wildman–Crippen LogP) is 5.02. The zero-order chi connectivity index (χ0) is 13.7. The van der Waals surface area contributed by atoms with Gasteiger partial charge in [-0.2, -0.15) is 0 Å². The minimum atomic E-state index is -0.121. The van der Waals surface area contributed by atoms with Gasteiger partial charge in [0.2, 0.25) is 0 Å². The van der Waals surface area contributed by atoms with Crippen molar-refractivity contribution in [3.63, 3.8) is 0 Å². The minimum Gasteiger partial charge on any atom is -0.294 e. The van der Waals surface area contributed by atoms with E-state index in [1.807, 2.05) is 60.7 Å². The molecule has 0 fully saturated rings. The monoisotopic (exact) mass is 380 g/mol. The molecule has 0 unspecified atom stereocenters. The molecular formula is C16H14Br2O. The molecule has 0 saturated carbocycles. The van der Waals surface area contributed by atoms with Gasteiger partial charge in [-0.25, -0.2) is 0 Å². The molecule has 1 nitrogen and oxygen atoms in total. The lowest BCUT2D eigenvalue weighted by Crippen LogP contribution is -2.21. The lowest BCUT2D eigenvalue weighted by atomic mass is 9.93. The molecule has 0 saturated heterocycles. The second-order valence-corrected chi connectivity index (χ2v) is 5.94. The van der Waals surface area contributed by atoms with Crippen LogP contribution in [0.5, 0.6) is 0 Å². The molecule has 19 heavy (non-hydrogen) atoms. The number of hydrogen-bond donors (Lipinski definition) is 0. The normalized spacial score (nSPS) is 13.8. The van der Waals surface area contributed by atoms with Gasteiger partial charge in [-0.15, -0.1) is 0 Å². The number of hydrogen-bond acceptors (Lipinski definition) is 1. The van der Waals surface area contributed by atoms with Crippen LogP contribution in [0.3, 0.4) is 0 Å². The van der Waals surface area contributed by atoms with E-state index in [2.05, 4.69) is 31.9 Å². The van der Waals surface area contributed by atoms with Crippen LogP contribution in [0, 0.1) is 5.92 Å². The van der Waals surface area contributed by atoms with Crippen LogP contribution >= 0.6 is 31.9 Å². The minimum absolute atomic E-state index is 0.0146. The van der Waals surface area contributed by atoms with Crippen LogP contribution in [-0.4, -0.2) is 11.1 Å². The van der Waals surface area contributed by atoms with E-state index in [4.69, 9.17) is 0 Å². The molecule has 0 aliphatic carbocycles. The molecule has 0 heterocycles. The third-order valence-corrected chi connectivity index (χ3v) is 4.90. The van der Waals surface area contributed by atoms with Crippen LogP contribution in [0.15, 0.2) is 60.7 Å². The summed E-state index contributed by atoms with van der Waals surface area (Å²) in [5.74, 6) is 0.0352. The van der Waals surface area contributed by atoms with Crippen molar-refractivity contribution >= 4 is 37.6 Å². The van der Waals surface area contributed by atoms with Crippen molar-refractivity contribution in [3.8, 4) is 0 Å². The molecule has 0 N–H and O–H groups in total. The Kier molecular flexibility index (Phi) is 5.34. The second kappa shape index (κ2) is 7.01. The molecule has 0 aliphatic heterocycles. The summed E-state index contributed by atoms with van der Waals surface area (Å²) >= 11 is 7.12. The second-order valence-electron chi connectivity index (χ2n) is 4.30. The van der Waals surface area contributed by atoms with Gasteiger partial charge in [-0.05, 0) is 5.56 Å². The Balaban J connectivity index is 2.23. The average molecular weight is 382 g/mol. The van der Waals surface area contributed by atoms with Crippen molar-refractivity contribution < 1.29 is 4.79 Å². The van der Waals surface area contributed by atoms with Crippen LogP contribution < -0.4 is 0 Å². The van der Waals surface area contributed by atoms with Crippen LogP contribution in [0.1, 0.15) is 20.7 Å². The van der Waals surface area contributed by atoms with E-state index in [0.29, 0.717) is 5.33 Å². The van der Waals surface area contributed by atoms with E-state index >= 15 is 0 Å². The summed E-state index contributed by atoms with van der Waals surface area (Å²) in [7, 11) is 0. The summed E-state index contributed by atoms with van der Waals surface area (Å²) in [6, 6.07) is 19.5. The van der Waals surface area contributed by atoms with Crippen molar-refractivity contribution in [2.45, 2.75) is 4.83 Å². The van der Waals surface area contributed by atoms with Gasteiger partial charge in [-0.1, -0.05) is 92.5 Å². The number of benzene rings is 2. The molecule has 2 aromatic carbocycles. The van der Waals surface area contributed by atoms with E-state index < -0.39 is 0 Å². The third-order valence-electron chi connectivity index (χ3n) is 3.03. The summed E-state index contributed by atoms with van der Waals surface area (Å²) in [6.45, 7) is 0. The van der Waals surface area contributed by atoms with E-state index in [1.165, 1.54) is 0 Å². The zero-order valence-corrected chi connectivity index (χ0v) is 13.5. The lowest BCUT2D eigenvalue weighted by molar-refractivity contribution is 0.0932. The summed E-state index contributed by atoms with van der Waals surface area (Å²) < 4.78 is 0. The summed E-state index contributed by atoms with van der Waals surface area (Å²) in [5, 5.41) is 0.630. The summed E-state index contributed by atoms with van der Waals surface area (Å²) in [4.78, 5) is 12.5. The highest BCUT2D eigenvalue weighted by atomic mass is 79.9. The standard InChI is InChI=1S/C16H14Br2O/c17-11-14(15(18)12-7-3-1-4-8-12)16(19)13-9-5-2-6-10-13/h1-10,14-15H,11H2/t14-,15-/m1/s1. The Morgan fingerprint density at radius 2 is 1.47 bits per heavy atom. The van der Waals surface area contributed by atoms with Gasteiger partial charge in [0.05, 0.1) is 4.83 Å². The first-order chi connectivity index (χ1) is 9.24. The van der Waals surface area contributed by atoms with Crippen LogP contribution in [0.2, 0.25) is 0 Å². The number of rotatable bonds is 5. The Morgan fingerprint density at radius 3 is 2.00 bits per heavy atom. The highest BCUT2D eigenvalue weighted by Gasteiger charge is 2.27. The smallest absolute Gasteiger partial charge is 0.168 e. The van der Waals surface area contributed by atoms with Gasteiger partial charge in [0, 0.05) is 16.8 Å². The largest absolute Gasteiger partial charge is 0.294 e. The molecule has 2 atom stereocenters. The van der Waals surface area contributed by atoms with Crippen molar-refractivity contribution in [2.75, 3.05) is 5.33 Å². The molecule has 2 rings (SSSR count). The molecule has 0 radical (unpaired) electrons. The third kappa shape index (κ3) is 3.54. The van der Waals surface area contributed by atoms with Gasteiger partial charge >= 0.3 is 0 Å².